The summed E-state index contributed by atoms with van der Waals surface area (Å²) in [6.45, 7) is 1.81. The second-order valence-corrected chi connectivity index (χ2v) is 14.7. The number of phenols is 5. The van der Waals surface area contributed by atoms with Gasteiger partial charge >= 0.3 is 0 Å². The van der Waals surface area contributed by atoms with Crippen LogP contribution in [0.4, 0.5) is 0 Å². The molecule has 10 heteroatoms. The SMILES string of the molecule is CC(=NC(N=C(N)c1ccc2sc3ccc(-n4c5ccccc5c5ccccc54)cc3c2c1)c1ccccc1)c1cccc(-c2c(O)c(O)c(O)c(O)c2O)c1. The van der Waals surface area contributed by atoms with E-state index in [1.165, 1.54) is 15.5 Å². The average molecular weight is 755 g/mol. The van der Waals surface area contributed by atoms with Crippen LogP contribution < -0.4 is 5.73 Å². The van der Waals surface area contributed by atoms with E-state index in [1.54, 1.807) is 35.6 Å². The van der Waals surface area contributed by atoms with Crippen LogP contribution >= 0.6 is 11.3 Å². The molecule has 1 atom stereocenters. The minimum Gasteiger partial charge on any atom is -0.504 e. The van der Waals surface area contributed by atoms with Gasteiger partial charge in [-0.05, 0) is 78.2 Å². The lowest BCUT2D eigenvalue weighted by Crippen LogP contribution is -2.15. The number of aromatic nitrogens is 1. The summed E-state index contributed by atoms with van der Waals surface area (Å²) in [7, 11) is 0. The molecule has 56 heavy (non-hydrogen) atoms. The number of thiophene rings is 1. The molecule has 0 fully saturated rings. The summed E-state index contributed by atoms with van der Waals surface area (Å²) in [5.41, 5.74) is 13.0. The van der Waals surface area contributed by atoms with Gasteiger partial charge in [0.2, 0.25) is 17.2 Å². The Morgan fingerprint density at radius 3 is 1.82 bits per heavy atom. The van der Waals surface area contributed by atoms with Gasteiger partial charge in [-0.2, -0.15) is 0 Å². The van der Waals surface area contributed by atoms with Crippen LogP contribution in [0.25, 0.3) is 58.8 Å². The van der Waals surface area contributed by atoms with Crippen LogP contribution in [0, 0.1) is 0 Å². The van der Waals surface area contributed by atoms with E-state index in [2.05, 4.69) is 83.4 Å². The molecule has 9 nitrogen and oxygen atoms in total. The number of nitrogens with zero attached hydrogens (tertiary/aromatic N) is 3. The third-order valence-corrected chi connectivity index (χ3v) is 11.4. The number of amidine groups is 1. The number of rotatable bonds is 7. The van der Waals surface area contributed by atoms with Gasteiger partial charge in [0, 0.05) is 47.9 Å². The van der Waals surface area contributed by atoms with E-state index in [0.717, 1.165) is 43.3 Å². The minimum atomic E-state index is -1.02. The van der Waals surface area contributed by atoms with Crippen molar-refractivity contribution >= 4 is 64.9 Å². The van der Waals surface area contributed by atoms with Crippen molar-refractivity contribution in [1.29, 1.82) is 0 Å². The molecular weight excluding hydrogens is 721 g/mol. The molecule has 0 radical (unpaired) electrons. The molecule has 0 bridgehead atoms. The molecule has 9 rings (SSSR count). The maximum atomic E-state index is 10.6. The Morgan fingerprint density at radius 1 is 0.554 bits per heavy atom. The lowest BCUT2D eigenvalue weighted by molar-refractivity contribution is 0.330. The van der Waals surface area contributed by atoms with E-state index in [0.29, 0.717) is 17.1 Å². The second-order valence-electron chi connectivity index (χ2n) is 13.6. The van der Waals surface area contributed by atoms with Crippen LogP contribution in [-0.2, 0) is 0 Å². The lowest BCUT2D eigenvalue weighted by atomic mass is 9.98. The van der Waals surface area contributed by atoms with Crippen LogP contribution in [0.5, 0.6) is 28.7 Å². The van der Waals surface area contributed by atoms with E-state index in [4.69, 9.17) is 15.7 Å². The predicted molar refractivity (Wildman–Crippen MR) is 226 cm³/mol. The lowest BCUT2D eigenvalue weighted by Gasteiger charge is -2.15. The standard InChI is InChI=1S/C46H34N4O5S/c1-25(27-12-9-13-28(22-27)39-40(51)42(53)44(55)43(54)41(39)52)48-46(26-10-3-2-4-11-26)49-45(47)29-18-20-37-33(23-29)34-24-30(19-21-38(34)56-37)50-35-16-7-5-14-31(35)32-15-6-8-17-36(32)50/h2-24,46,51-55H,1H3,(H2,47,49). The summed E-state index contributed by atoms with van der Waals surface area (Å²) in [5, 5.41) is 55.9. The van der Waals surface area contributed by atoms with Gasteiger partial charge in [0.25, 0.3) is 0 Å². The quantitative estimate of drug-likeness (QED) is 0.0412. The normalized spacial score (nSPS) is 12.9. The van der Waals surface area contributed by atoms with Crippen molar-refractivity contribution < 1.29 is 25.5 Å². The highest BCUT2D eigenvalue weighted by atomic mass is 32.1. The largest absolute Gasteiger partial charge is 0.504 e. The van der Waals surface area contributed by atoms with Gasteiger partial charge in [-0.1, -0.05) is 84.9 Å². The Labute approximate surface area is 324 Å². The zero-order valence-corrected chi connectivity index (χ0v) is 30.7. The topological polar surface area (TPSA) is 157 Å². The van der Waals surface area contributed by atoms with Crippen molar-refractivity contribution in [2.45, 2.75) is 13.1 Å². The number of hydrogen-bond donors (Lipinski definition) is 6. The van der Waals surface area contributed by atoms with Gasteiger partial charge in [0.1, 0.15) is 5.84 Å². The second kappa shape index (κ2) is 13.5. The molecule has 2 aromatic heterocycles. The number of phenolic OH excluding ortho intramolecular Hbond substituents is 5. The van der Waals surface area contributed by atoms with Crippen molar-refractivity contribution in [2.24, 2.45) is 15.7 Å². The van der Waals surface area contributed by atoms with E-state index in [1.807, 2.05) is 43.3 Å². The van der Waals surface area contributed by atoms with Crippen LogP contribution in [-0.4, -0.2) is 41.6 Å². The van der Waals surface area contributed by atoms with Crippen LogP contribution in [0.15, 0.2) is 150 Å². The molecule has 0 aliphatic rings. The third kappa shape index (κ3) is 5.71. The summed E-state index contributed by atoms with van der Waals surface area (Å²) in [5.74, 6) is -4.15. The average Bonchev–Trinajstić information content (AvgIpc) is 3.77. The fourth-order valence-corrected chi connectivity index (χ4v) is 8.46. The molecular formula is C46H34N4O5S. The maximum Gasteiger partial charge on any atom is 0.208 e. The molecule has 7 N–H and O–H groups in total. The zero-order chi connectivity index (χ0) is 38.7. The van der Waals surface area contributed by atoms with Gasteiger partial charge in [0.15, 0.2) is 17.7 Å². The zero-order valence-electron chi connectivity index (χ0n) is 29.9. The van der Waals surface area contributed by atoms with Crippen LogP contribution in [0.3, 0.4) is 0 Å². The number of fused-ring (bicyclic) bond motifs is 6. The Balaban J connectivity index is 1.11. The van der Waals surface area contributed by atoms with Crippen molar-refractivity contribution in [3.8, 4) is 45.6 Å². The van der Waals surface area contributed by atoms with Gasteiger partial charge in [-0.15, -0.1) is 11.3 Å². The Bertz CT molecular complexity index is 2990. The van der Waals surface area contributed by atoms with Crippen molar-refractivity contribution in [2.75, 3.05) is 0 Å². The first-order valence-corrected chi connectivity index (χ1v) is 18.7. The van der Waals surface area contributed by atoms with Crippen LogP contribution in [0.2, 0.25) is 0 Å². The Kier molecular flexibility index (Phi) is 8.32. The first kappa shape index (κ1) is 34.5. The molecule has 7 aromatic carbocycles. The molecule has 274 valence electrons. The highest BCUT2D eigenvalue weighted by Crippen LogP contribution is 2.54. The highest BCUT2D eigenvalue weighted by molar-refractivity contribution is 7.25. The number of para-hydroxylation sites is 2. The van der Waals surface area contributed by atoms with E-state index in [9.17, 15) is 25.5 Å². The molecule has 0 spiro atoms. The fourth-order valence-electron chi connectivity index (χ4n) is 7.39. The minimum absolute atomic E-state index is 0.243. The van der Waals surface area contributed by atoms with Crippen molar-refractivity contribution in [3.63, 3.8) is 0 Å². The summed E-state index contributed by atoms with van der Waals surface area (Å²) in [6.07, 6.45) is -0.722. The van der Waals surface area contributed by atoms with Gasteiger partial charge in [0.05, 0.1) is 16.6 Å². The molecule has 0 amide bonds. The van der Waals surface area contributed by atoms with E-state index in [-0.39, 0.29) is 11.1 Å². The van der Waals surface area contributed by atoms with Crippen LogP contribution in [0.1, 0.15) is 29.8 Å². The number of hydrogen-bond acceptors (Lipinski definition) is 8. The monoisotopic (exact) mass is 754 g/mol. The molecule has 0 aliphatic heterocycles. The highest BCUT2D eigenvalue weighted by Gasteiger charge is 2.25. The molecule has 2 heterocycles. The smallest absolute Gasteiger partial charge is 0.208 e. The summed E-state index contributed by atoms with van der Waals surface area (Å²) >= 11 is 1.73. The van der Waals surface area contributed by atoms with Crippen molar-refractivity contribution in [3.05, 3.63) is 156 Å². The molecule has 1 unspecified atom stereocenters. The predicted octanol–water partition coefficient (Wildman–Crippen LogP) is 10.3. The number of aliphatic imine (C=N–C) groups is 2. The number of aromatic hydroxyl groups is 5. The van der Waals surface area contributed by atoms with E-state index < -0.39 is 34.9 Å². The molecule has 9 aromatic rings. The third-order valence-electron chi connectivity index (χ3n) is 10.2. The fraction of sp³-hybridized carbons (Fsp3) is 0.0435. The first-order valence-electron chi connectivity index (χ1n) is 17.9. The summed E-state index contributed by atoms with van der Waals surface area (Å²) < 4.78 is 4.62. The Hall–Kier alpha value is -7.30. The van der Waals surface area contributed by atoms with Gasteiger partial charge < -0.3 is 35.8 Å². The number of benzene rings is 7. The molecule has 0 saturated heterocycles. The van der Waals surface area contributed by atoms with Gasteiger partial charge in [-0.25, -0.2) is 4.99 Å². The molecule has 0 aliphatic carbocycles. The number of nitrogens with two attached hydrogens (primary N) is 1. The maximum absolute atomic E-state index is 10.6. The van der Waals surface area contributed by atoms with E-state index >= 15 is 0 Å². The van der Waals surface area contributed by atoms with Crippen molar-refractivity contribution in [1.82, 2.24) is 4.57 Å². The first-order chi connectivity index (χ1) is 27.2. The van der Waals surface area contributed by atoms with Gasteiger partial charge in [-0.3, -0.25) is 4.99 Å². The summed E-state index contributed by atoms with van der Waals surface area (Å²) in [6, 6.07) is 46.0. The Morgan fingerprint density at radius 2 is 1.14 bits per heavy atom. The molecule has 0 saturated carbocycles. The summed E-state index contributed by atoms with van der Waals surface area (Å²) in [4.78, 5) is 9.94.